The third-order valence-corrected chi connectivity index (χ3v) is 17.6. The molecule has 0 amide bonds. The number of benzene rings is 9. The second-order valence-electron chi connectivity index (χ2n) is 25.1. The Kier molecular flexibility index (Phi) is 29.0. The molecular weight excluding hydrogens is 1500 g/mol. The minimum atomic E-state index is -0.105. The number of rotatable bonds is 19. The molecule has 0 aromatic heterocycles. The molecule has 8 aromatic carbocycles. The summed E-state index contributed by atoms with van der Waals surface area (Å²) in [5.41, 5.74) is 15.4. The Morgan fingerprint density at radius 3 is 1.28 bits per heavy atom. The molecule has 0 saturated heterocycles. The molecule has 3 N–H and O–H groups in total. The van der Waals surface area contributed by atoms with Gasteiger partial charge in [-0.05, 0) is 126 Å². The summed E-state index contributed by atoms with van der Waals surface area (Å²) in [5.74, 6) is 4.68. The van der Waals surface area contributed by atoms with Gasteiger partial charge in [0.25, 0.3) is 0 Å². The third kappa shape index (κ3) is 19.1. The molecule has 18 heteroatoms. The summed E-state index contributed by atoms with van der Waals surface area (Å²) < 4.78 is 20.8. The van der Waals surface area contributed by atoms with Gasteiger partial charge in [0.15, 0.2) is 6.29 Å². The van der Waals surface area contributed by atoms with E-state index in [1.54, 1.807) is 12.1 Å². The maximum atomic E-state index is 11.1. The molecule has 2 heterocycles. The fourth-order valence-corrected chi connectivity index (χ4v) is 11.9. The van der Waals surface area contributed by atoms with Gasteiger partial charge in [-0.3, -0.25) is 4.79 Å². The third-order valence-electron chi connectivity index (χ3n) is 17.6. The maximum absolute atomic E-state index is 11.1. The van der Waals surface area contributed by atoms with Gasteiger partial charge in [-0.15, -0.1) is 0 Å². The Morgan fingerprint density at radius 1 is 0.444 bits per heavy atom. The predicted octanol–water partition coefficient (Wildman–Crippen LogP) is 16.3. The van der Waals surface area contributed by atoms with E-state index >= 15 is 0 Å². The first kappa shape index (κ1) is 79.1. The molecule has 2 aliphatic heterocycles. The topological polar surface area (TPSA) is 138 Å². The summed E-state index contributed by atoms with van der Waals surface area (Å²) in [6.45, 7) is 18.0. The van der Waals surface area contributed by atoms with E-state index in [-0.39, 0.29) is 68.5 Å². The van der Waals surface area contributed by atoms with Crippen molar-refractivity contribution >= 4 is 62.8 Å². The number of hydrogen-bond acceptors (Lipinski definition) is 15. The Hall–Kier alpha value is -8.84. The minimum absolute atomic E-state index is 0. The molecule has 8 aromatic rings. The van der Waals surface area contributed by atoms with Crippen molar-refractivity contribution in [3.8, 4) is 62.7 Å². The van der Waals surface area contributed by atoms with Crippen LogP contribution >= 0.6 is 0 Å². The second kappa shape index (κ2) is 36.3. The van der Waals surface area contributed by atoms with Crippen LogP contribution in [-0.4, -0.2) is 145 Å². The Morgan fingerprint density at radius 2 is 0.848 bits per heavy atom. The van der Waals surface area contributed by atoms with Crippen LogP contribution in [0.2, 0.25) is 0 Å². The van der Waals surface area contributed by atoms with Crippen molar-refractivity contribution in [1.29, 1.82) is 0 Å². The van der Waals surface area contributed by atoms with E-state index in [4.69, 9.17) is 13.9 Å². The average molecular weight is 1600 g/mol. The molecule has 1 aliphatic carbocycles. The standard InChI is InChI=1S/C27H33N3O2.C27H31N3O2.C16H20N2O.C11H15NO2.U.V/c2*1-7-30(8-2)20-11-12-21(24(31)15-20)27-22-13-9-18(28(3)4)16-25(22)32-26-17-19(29(5)6)10-14-23(26)27;1-17(2)13-7-5-9-15(11-13)19-16-10-6-8-14(12-16)18(3)4;1-3-12(4-2)10-6-5-9(8-13)11(14)7-10;;/h9-17,27,31H,7-8H2,1-6H3;9-17H,7-8H2,1-6H3;5-12H,1-4H3;5-8,14H,3-4H2,1-2H3;;/p+2. The molecule has 16 nitrogen and oxygen atoms in total. The second-order valence-corrected chi connectivity index (χ2v) is 25.1. The van der Waals surface area contributed by atoms with Gasteiger partial charge < -0.3 is 68.4 Å². The van der Waals surface area contributed by atoms with Crippen molar-refractivity contribution in [2.75, 3.05) is 163 Å². The maximum Gasteiger partial charge on any atom is 1.00 e. The first-order valence-electron chi connectivity index (χ1n) is 33.4. The largest absolute Gasteiger partial charge is 1.00 e. The van der Waals surface area contributed by atoms with Gasteiger partial charge in [-0.1, -0.05) is 30.3 Å². The monoisotopic (exact) mass is 1600 g/mol. The van der Waals surface area contributed by atoms with Crippen LogP contribution in [0.25, 0.3) is 33.4 Å². The van der Waals surface area contributed by atoms with Crippen LogP contribution in [0, 0.1) is 31.1 Å². The predicted molar refractivity (Wildman–Crippen MR) is 409 cm³/mol. The summed E-state index contributed by atoms with van der Waals surface area (Å²) in [4.78, 5) is 27.4. The zero-order chi connectivity index (χ0) is 70.4. The molecule has 0 saturated carbocycles. The number of aldehydes is 1. The van der Waals surface area contributed by atoms with Crippen LogP contribution < -0.4 is 58.6 Å². The number of nitrogens with zero attached hydrogens (tertiary/aromatic N) is 9. The Bertz CT molecular complexity index is 4250. The van der Waals surface area contributed by atoms with Crippen LogP contribution in [0.4, 0.5) is 45.5 Å². The SMILES string of the molecule is CCN(CC)c1ccc(-c2c3ccc(=[N+](C)C)cc-3oc3cc(N(C)C)ccc23)c(O)c1.CCN(CC)c1ccc(C2c3ccc(N(C)C)cc3Oc3cc(N(C)C)ccc32)c(O)c1.CCN(CC)c1ccc(C=O)c(O)c1.CN(C)c1cccc(Oc2cccc(N(C)C)c2)c1.[H+].[U].[V]. The van der Waals surface area contributed by atoms with Crippen molar-refractivity contribution in [3.05, 3.63) is 204 Å². The van der Waals surface area contributed by atoms with Crippen molar-refractivity contribution in [2.24, 2.45) is 0 Å². The van der Waals surface area contributed by atoms with Gasteiger partial charge in [-0.2, -0.15) is 0 Å². The van der Waals surface area contributed by atoms with E-state index in [0.717, 1.165) is 163 Å². The van der Waals surface area contributed by atoms with Gasteiger partial charge in [0.1, 0.15) is 65.7 Å². The van der Waals surface area contributed by atoms with E-state index in [1.165, 1.54) is 0 Å². The van der Waals surface area contributed by atoms with E-state index in [2.05, 4.69) is 175 Å². The van der Waals surface area contributed by atoms with Gasteiger partial charge in [0.2, 0.25) is 5.36 Å². The smallest absolute Gasteiger partial charge is 0.508 e. The van der Waals surface area contributed by atoms with E-state index in [9.17, 15) is 20.1 Å². The number of ether oxygens (including phenoxy) is 2. The number of carbonyl (C=O) groups excluding carboxylic acids is 1. The van der Waals surface area contributed by atoms with Crippen LogP contribution in [0.3, 0.4) is 0 Å². The summed E-state index contributed by atoms with van der Waals surface area (Å²) >= 11 is 0. The molecule has 11 rings (SSSR count). The van der Waals surface area contributed by atoms with E-state index in [0.29, 0.717) is 17.6 Å². The molecule has 0 spiro atoms. The molecule has 1 radical (unpaired) electrons. The van der Waals surface area contributed by atoms with Crippen molar-refractivity contribution < 1.29 is 85.1 Å². The Balaban J connectivity index is 0.000000249. The Labute approximate surface area is 624 Å². The summed E-state index contributed by atoms with van der Waals surface area (Å²) in [5, 5.41) is 33.8. The molecule has 0 bridgehead atoms. The fraction of sp³-hybridized carbons (Fsp3) is 0.309. The number of anilines is 8. The van der Waals surface area contributed by atoms with E-state index in [1.807, 2.05) is 159 Å². The van der Waals surface area contributed by atoms with Crippen molar-refractivity contribution in [3.63, 3.8) is 0 Å². The molecule has 3 aliphatic rings. The van der Waals surface area contributed by atoms with Gasteiger partial charge in [-0.25, -0.2) is 4.58 Å². The number of aromatic hydroxyl groups is 3. The molecule has 0 atom stereocenters. The van der Waals surface area contributed by atoms with Gasteiger partial charge in [0.05, 0.1) is 11.6 Å². The zero-order valence-corrected chi connectivity index (χ0v) is 66.6. The molecule has 0 unspecified atom stereocenters. The fourth-order valence-electron chi connectivity index (χ4n) is 11.9. The van der Waals surface area contributed by atoms with Crippen molar-refractivity contribution in [2.45, 2.75) is 47.5 Å². The first-order chi connectivity index (χ1) is 46.4. The number of hydrogen-bond donors (Lipinski definition) is 3. The van der Waals surface area contributed by atoms with Crippen molar-refractivity contribution in [1.82, 2.24) is 4.58 Å². The van der Waals surface area contributed by atoms with Crippen LogP contribution in [-0.2, 0) is 18.6 Å². The summed E-state index contributed by atoms with van der Waals surface area (Å²) in [6.07, 6.45) is 0.654. The number of fused-ring (bicyclic) bond motifs is 4. The molecular formula is C81H101N9O7UV+2. The summed E-state index contributed by atoms with van der Waals surface area (Å²) in [7, 11) is 24.3. The molecule has 0 fully saturated rings. The minimum Gasteiger partial charge on any atom is -0.508 e. The van der Waals surface area contributed by atoms with Gasteiger partial charge in [0, 0.05) is 304 Å². The molecule has 519 valence electrons. The number of phenols is 3. The van der Waals surface area contributed by atoms with Gasteiger partial charge >= 0.3 is 1.43 Å². The first-order valence-corrected chi connectivity index (χ1v) is 33.4. The molecule has 99 heavy (non-hydrogen) atoms. The van der Waals surface area contributed by atoms with Crippen LogP contribution in [0.1, 0.15) is 75.9 Å². The normalized spacial score (nSPS) is 11.0. The zero-order valence-electron chi connectivity index (χ0n) is 62.1. The quantitative estimate of drug-likeness (QED) is 0.0402. The van der Waals surface area contributed by atoms with Crippen LogP contribution in [0.5, 0.6) is 40.2 Å². The average Bonchev–Trinajstić information content (AvgIpc) is 0.754. The van der Waals surface area contributed by atoms with E-state index < -0.39 is 0 Å². The summed E-state index contributed by atoms with van der Waals surface area (Å²) in [6, 6.07) is 58.3. The number of phenolic OH excluding ortho intramolecular Hbond substituents is 3. The number of carbonyl (C=O) groups is 1. The van der Waals surface area contributed by atoms with Crippen LogP contribution in [0.15, 0.2) is 180 Å².